The van der Waals surface area contributed by atoms with E-state index in [4.69, 9.17) is 4.74 Å². The molecule has 2 rings (SSSR count). The third kappa shape index (κ3) is 1.55. The smallest absolute Gasteiger partial charge is 0.0888 e. The Morgan fingerprint density at radius 3 is 2.67 bits per heavy atom. The average molecular weight is 210 g/mol. The van der Waals surface area contributed by atoms with Crippen molar-refractivity contribution < 1.29 is 4.74 Å². The topological polar surface area (TPSA) is 52.0 Å². The molecular formula is C10H18N4O. The fraction of sp³-hybridized carbons (Fsp3) is 0.800. The minimum Gasteiger partial charge on any atom is -0.376 e. The Balaban J connectivity index is 2.27. The highest BCUT2D eigenvalue weighted by atomic mass is 16.5. The Bertz CT molecular complexity index is 326. The molecule has 15 heavy (non-hydrogen) atoms. The third-order valence-corrected chi connectivity index (χ3v) is 3.47. The van der Waals surface area contributed by atoms with Crippen molar-refractivity contribution in [2.75, 3.05) is 14.2 Å². The highest BCUT2D eigenvalue weighted by Crippen LogP contribution is 2.44. The van der Waals surface area contributed by atoms with E-state index >= 15 is 0 Å². The average Bonchev–Trinajstić information content (AvgIpc) is 2.58. The van der Waals surface area contributed by atoms with Gasteiger partial charge in [0.2, 0.25) is 0 Å². The molecule has 0 aromatic carbocycles. The van der Waals surface area contributed by atoms with Crippen molar-refractivity contribution in [1.82, 2.24) is 20.3 Å². The number of aromatic nitrogens is 3. The minimum atomic E-state index is -0.0653. The van der Waals surface area contributed by atoms with Crippen molar-refractivity contribution in [3.8, 4) is 0 Å². The van der Waals surface area contributed by atoms with E-state index in [1.807, 2.05) is 14.1 Å². The lowest BCUT2D eigenvalue weighted by molar-refractivity contribution is -0.0998. The standard InChI is InChI=1S/C10H18N4O/c1-11-9(8-7-12-13-14(8)2)10(15-3)5-4-6-10/h7,9,11H,4-6H2,1-3H3. The largest absolute Gasteiger partial charge is 0.376 e. The number of hydrogen-bond acceptors (Lipinski definition) is 4. The summed E-state index contributed by atoms with van der Waals surface area (Å²) in [7, 11) is 5.65. The number of nitrogens with zero attached hydrogens (tertiary/aromatic N) is 3. The second-order valence-corrected chi connectivity index (χ2v) is 4.13. The Morgan fingerprint density at radius 1 is 1.60 bits per heavy atom. The molecule has 0 saturated heterocycles. The van der Waals surface area contributed by atoms with E-state index in [0.29, 0.717) is 0 Å². The molecule has 1 N–H and O–H groups in total. The van der Waals surface area contributed by atoms with Crippen molar-refractivity contribution >= 4 is 0 Å². The van der Waals surface area contributed by atoms with Crippen LogP contribution in [0.2, 0.25) is 0 Å². The predicted octanol–water partition coefficient (Wildman–Crippen LogP) is 0.645. The van der Waals surface area contributed by atoms with Gasteiger partial charge in [0.15, 0.2) is 0 Å². The molecular weight excluding hydrogens is 192 g/mol. The minimum absolute atomic E-state index is 0.0653. The van der Waals surface area contributed by atoms with Gasteiger partial charge < -0.3 is 10.1 Å². The lowest BCUT2D eigenvalue weighted by Gasteiger charge is -2.46. The lowest BCUT2D eigenvalue weighted by Crippen LogP contribution is -2.50. The van der Waals surface area contributed by atoms with Gasteiger partial charge in [0, 0.05) is 14.2 Å². The molecule has 5 nitrogen and oxygen atoms in total. The van der Waals surface area contributed by atoms with Gasteiger partial charge in [0.25, 0.3) is 0 Å². The molecule has 1 saturated carbocycles. The Hall–Kier alpha value is -0.940. The van der Waals surface area contributed by atoms with Crippen LogP contribution in [0, 0.1) is 0 Å². The van der Waals surface area contributed by atoms with Gasteiger partial charge in [0.1, 0.15) is 0 Å². The quantitative estimate of drug-likeness (QED) is 0.792. The fourth-order valence-corrected chi connectivity index (χ4v) is 2.38. The van der Waals surface area contributed by atoms with Gasteiger partial charge in [-0.25, -0.2) is 0 Å². The number of nitrogens with one attached hydrogen (secondary N) is 1. The monoisotopic (exact) mass is 210 g/mol. The Morgan fingerprint density at radius 2 is 2.33 bits per heavy atom. The van der Waals surface area contributed by atoms with Gasteiger partial charge in [-0.2, -0.15) is 0 Å². The van der Waals surface area contributed by atoms with E-state index < -0.39 is 0 Å². The SMILES string of the molecule is CNC(c1cnnn1C)C1(OC)CCC1. The van der Waals surface area contributed by atoms with Gasteiger partial charge in [-0.05, 0) is 26.3 Å². The number of likely N-dealkylation sites (N-methyl/N-ethyl adjacent to an activating group) is 1. The van der Waals surface area contributed by atoms with Crippen molar-refractivity contribution in [2.24, 2.45) is 7.05 Å². The molecule has 0 spiro atoms. The second-order valence-electron chi connectivity index (χ2n) is 4.13. The first-order valence-electron chi connectivity index (χ1n) is 5.30. The van der Waals surface area contributed by atoms with Gasteiger partial charge in [-0.3, -0.25) is 4.68 Å². The summed E-state index contributed by atoms with van der Waals surface area (Å²) < 4.78 is 7.48. The molecule has 0 bridgehead atoms. The molecule has 0 radical (unpaired) electrons. The molecule has 84 valence electrons. The zero-order valence-corrected chi connectivity index (χ0v) is 9.53. The summed E-state index contributed by atoms with van der Waals surface area (Å²) in [6.07, 6.45) is 5.23. The van der Waals surface area contributed by atoms with E-state index in [2.05, 4.69) is 15.6 Å². The lowest BCUT2D eigenvalue weighted by atomic mass is 9.73. The highest BCUT2D eigenvalue weighted by molar-refractivity contribution is 5.13. The molecule has 1 atom stereocenters. The zero-order chi connectivity index (χ0) is 10.9. The maximum atomic E-state index is 5.67. The van der Waals surface area contributed by atoms with Crippen LogP contribution in [-0.2, 0) is 11.8 Å². The van der Waals surface area contributed by atoms with E-state index in [9.17, 15) is 0 Å². The number of hydrogen-bond donors (Lipinski definition) is 1. The van der Waals surface area contributed by atoms with Crippen LogP contribution in [0.1, 0.15) is 31.0 Å². The molecule has 0 aliphatic heterocycles. The molecule has 1 aliphatic carbocycles. The van der Waals surface area contributed by atoms with Gasteiger partial charge in [-0.15, -0.1) is 5.10 Å². The Kier molecular flexibility index (Phi) is 2.75. The predicted molar refractivity (Wildman–Crippen MR) is 56.4 cm³/mol. The summed E-state index contributed by atoms with van der Waals surface area (Å²) in [6.45, 7) is 0. The van der Waals surface area contributed by atoms with Gasteiger partial charge >= 0.3 is 0 Å². The van der Waals surface area contributed by atoms with E-state index in [0.717, 1.165) is 18.5 Å². The summed E-state index contributed by atoms with van der Waals surface area (Å²) in [4.78, 5) is 0. The van der Waals surface area contributed by atoms with Crippen LogP contribution in [0.3, 0.4) is 0 Å². The Labute approximate surface area is 89.8 Å². The second kappa shape index (κ2) is 3.90. The summed E-state index contributed by atoms with van der Waals surface area (Å²) >= 11 is 0. The zero-order valence-electron chi connectivity index (χ0n) is 9.53. The summed E-state index contributed by atoms with van der Waals surface area (Å²) in [5.41, 5.74) is 1.02. The van der Waals surface area contributed by atoms with Gasteiger partial charge in [0.05, 0.1) is 23.5 Å². The third-order valence-electron chi connectivity index (χ3n) is 3.47. The van der Waals surface area contributed by atoms with Crippen LogP contribution in [0.5, 0.6) is 0 Å². The number of methoxy groups -OCH3 is 1. The highest BCUT2D eigenvalue weighted by Gasteiger charge is 2.45. The van der Waals surface area contributed by atoms with Crippen LogP contribution < -0.4 is 5.32 Å². The first kappa shape index (κ1) is 10.6. The molecule has 1 aromatic rings. The molecule has 1 aliphatic rings. The van der Waals surface area contributed by atoms with Crippen LogP contribution in [0.25, 0.3) is 0 Å². The molecule has 1 aromatic heterocycles. The molecule has 1 heterocycles. The first-order valence-corrected chi connectivity index (χ1v) is 5.30. The van der Waals surface area contributed by atoms with Crippen molar-refractivity contribution in [2.45, 2.75) is 30.9 Å². The van der Waals surface area contributed by atoms with Crippen LogP contribution in [0.15, 0.2) is 6.20 Å². The first-order chi connectivity index (χ1) is 7.23. The number of ether oxygens (including phenoxy) is 1. The number of rotatable bonds is 4. The summed E-state index contributed by atoms with van der Waals surface area (Å²) in [5, 5.41) is 11.2. The molecule has 0 amide bonds. The van der Waals surface area contributed by atoms with E-state index in [1.54, 1.807) is 18.0 Å². The molecule has 5 heteroatoms. The maximum Gasteiger partial charge on any atom is 0.0888 e. The molecule has 1 fully saturated rings. The fourth-order valence-electron chi connectivity index (χ4n) is 2.38. The van der Waals surface area contributed by atoms with Gasteiger partial charge in [-0.1, -0.05) is 5.21 Å². The van der Waals surface area contributed by atoms with Crippen molar-refractivity contribution in [3.05, 3.63) is 11.9 Å². The number of aryl methyl sites for hydroxylation is 1. The van der Waals surface area contributed by atoms with Crippen LogP contribution in [-0.4, -0.2) is 34.8 Å². The van der Waals surface area contributed by atoms with Crippen molar-refractivity contribution in [3.63, 3.8) is 0 Å². The van der Waals surface area contributed by atoms with Crippen molar-refractivity contribution in [1.29, 1.82) is 0 Å². The summed E-state index contributed by atoms with van der Waals surface area (Å²) in [6, 6.07) is 0.177. The van der Waals surface area contributed by atoms with E-state index in [1.165, 1.54) is 6.42 Å². The maximum absolute atomic E-state index is 5.67. The van der Waals surface area contributed by atoms with Crippen LogP contribution >= 0.6 is 0 Å². The molecule has 1 unspecified atom stereocenters. The summed E-state index contributed by atoms with van der Waals surface area (Å²) in [5.74, 6) is 0. The van der Waals surface area contributed by atoms with Crippen LogP contribution in [0.4, 0.5) is 0 Å². The normalized spacial score (nSPS) is 21.0. The van der Waals surface area contributed by atoms with E-state index in [-0.39, 0.29) is 11.6 Å².